The van der Waals surface area contributed by atoms with Gasteiger partial charge >= 0.3 is 0 Å². The lowest BCUT2D eigenvalue weighted by Gasteiger charge is -2.13. The Balaban J connectivity index is 1.45. The molecule has 0 bridgehead atoms. The Morgan fingerprint density at radius 1 is 1.12 bits per heavy atom. The molecule has 7 nitrogen and oxygen atoms in total. The normalized spacial score (nSPS) is 12.6. The minimum Gasteiger partial charge on any atom is -0.366 e. The highest BCUT2D eigenvalue weighted by Gasteiger charge is 2.24. The number of fused-ring (bicyclic) bond motifs is 3. The number of hydrogen-bond acceptors (Lipinski definition) is 6. The van der Waals surface area contributed by atoms with Crippen LogP contribution in [0.15, 0.2) is 58.5 Å². The molecule has 34 heavy (non-hydrogen) atoms. The molecule has 2 aromatic carbocycles. The minimum absolute atomic E-state index is 0.0759. The van der Waals surface area contributed by atoms with Crippen molar-refractivity contribution in [2.24, 2.45) is 5.73 Å². The topological polar surface area (TPSA) is 107 Å². The first-order valence-corrected chi connectivity index (χ1v) is 12.7. The van der Waals surface area contributed by atoms with Crippen LogP contribution in [0.25, 0.3) is 15.9 Å². The maximum absolute atomic E-state index is 13.7. The number of rotatable bonds is 6. The number of benzene rings is 2. The monoisotopic (exact) mass is 490 g/mol. The Morgan fingerprint density at radius 3 is 2.56 bits per heavy atom. The lowest BCUT2D eigenvalue weighted by atomic mass is 10.2. The second-order valence-electron chi connectivity index (χ2n) is 8.19. The van der Waals surface area contributed by atoms with Crippen molar-refractivity contribution >= 4 is 50.8 Å². The number of nitrogens with zero attached hydrogens (tertiary/aromatic N) is 2. The summed E-state index contributed by atoms with van der Waals surface area (Å²) in [4.78, 5) is 44.3. The summed E-state index contributed by atoms with van der Waals surface area (Å²) in [5.41, 5.74) is 9.06. The molecule has 0 saturated carbocycles. The molecule has 0 saturated heterocycles. The van der Waals surface area contributed by atoms with Crippen molar-refractivity contribution in [3.8, 4) is 5.69 Å². The van der Waals surface area contributed by atoms with Crippen LogP contribution in [-0.4, -0.2) is 27.1 Å². The smallest absolute Gasteiger partial charge is 0.267 e. The molecular weight excluding hydrogens is 468 g/mol. The molecule has 4 aromatic rings. The average molecular weight is 491 g/mol. The van der Waals surface area contributed by atoms with E-state index in [1.54, 1.807) is 40.2 Å². The molecule has 9 heteroatoms. The van der Waals surface area contributed by atoms with Gasteiger partial charge in [-0.25, -0.2) is 4.98 Å². The molecule has 0 fully saturated rings. The van der Waals surface area contributed by atoms with Crippen molar-refractivity contribution in [1.29, 1.82) is 0 Å². The minimum atomic E-state index is -0.525. The number of aromatic nitrogens is 2. The number of hydrogen-bond donors (Lipinski definition) is 2. The predicted molar refractivity (Wildman–Crippen MR) is 136 cm³/mol. The lowest BCUT2D eigenvalue weighted by Crippen LogP contribution is -2.23. The zero-order valence-corrected chi connectivity index (χ0v) is 20.1. The fourth-order valence-corrected chi connectivity index (χ4v) is 6.20. The molecule has 0 radical (unpaired) electrons. The van der Waals surface area contributed by atoms with E-state index in [0.717, 1.165) is 40.9 Å². The molecule has 2 heterocycles. The van der Waals surface area contributed by atoms with Gasteiger partial charge in [-0.3, -0.25) is 19.0 Å². The van der Waals surface area contributed by atoms with Gasteiger partial charge in [-0.2, -0.15) is 0 Å². The molecule has 0 spiro atoms. The Bertz CT molecular complexity index is 1470. The van der Waals surface area contributed by atoms with Gasteiger partial charge in [0.1, 0.15) is 4.83 Å². The van der Waals surface area contributed by atoms with E-state index in [2.05, 4.69) is 5.32 Å². The van der Waals surface area contributed by atoms with E-state index in [9.17, 15) is 14.4 Å². The van der Waals surface area contributed by atoms with Crippen molar-refractivity contribution in [3.63, 3.8) is 0 Å². The Morgan fingerprint density at radius 2 is 1.85 bits per heavy atom. The molecule has 1 aliphatic rings. The van der Waals surface area contributed by atoms with E-state index < -0.39 is 5.91 Å². The SMILES string of the molecule is Cc1ccc(-n2c(SCC(=O)Nc3ccc(C(N)=O)cc3)nc3sc4c(c3c2=O)CCC4)cc1. The van der Waals surface area contributed by atoms with Gasteiger partial charge in [0, 0.05) is 16.1 Å². The van der Waals surface area contributed by atoms with Gasteiger partial charge < -0.3 is 11.1 Å². The van der Waals surface area contributed by atoms with E-state index in [-0.39, 0.29) is 17.2 Å². The molecule has 1 aliphatic carbocycles. The standard InChI is InChI=1S/C25H22N4O3S2/c1-14-5-11-17(12-6-14)29-24(32)21-18-3-2-4-19(18)34-23(21)28-25(29)33-13-20(30)27-16-9-7-15(8-10-16)22(26)31/h5-12H,2-4,13H2,1H3,(H2,26,31)(H,27,30). The number of thiophene rings is 1. The molecular formula is C25H22N4O3S2. The number of nitrogens with two attached hydrogens (primary N) is 1. The first kappa shape index (κ1) is 22.4. The van der Waals surface area contributed by atoms with Crippen molar-refractivity contribution in [2.75, 3.05) is 11.1 Å². The first-order chi connectivity index (χ1) is 16.4. The van der Waals surface area contributed by atoms with Gasteiger partial charge in [-0.1, -0.05) is 29.5 Å². The Labute approximate surface area is 204 Å². The van der Waals surface area contributed by atoms with Crippen LogP contribution >= 0.6 is 23.1 Å². The number of anilines is 1. The summed E-state index contributed by atoms with van der Waals surface area (Å²) in [6, 6.07) is 14.1. The largest absolute Gasteiger partial charge is 0.366 e. The fourth-order valence-electron chi connectivity index (χ4n) is 4.09. The maximum atomic E-state index is 13.7. The molecule has 0 atom stereocenters. The molecule has 5 rings (SSSR count). The van der Waals surface area contributed by atoms with Crippen LogP contribution in [0.3, 0.4) is 0 Å². The number of amides is 2. The number of aryl methyl sites for hydroxylation is 3. The fraction of sp³-hybridized carbons (Fsp3) is 0.200. The molecule has 2 aromatic heterocycles. The highest BCUT2D eigenvalue weighted by molar-refractivity contribution is 7.99. The predicted octanol–water partition coefficient (Wildman–Crippen LogP) is 4.07. The molecule has 2 amide bonds. The van der Waals surface area contributed by atoms with E-state index in [1.165, 1.54) is 16.6 Å². The summed E-state index contributed by atoms with van der Waals surface area (Å²) < 4.78 is 1.62. The second kappa shape index (κ2) is 9.08. The first-order valence-electron chi connectivity index (χ1n) is 10.9. The van der Waals surface area contributed by atoms with E-state index in [4.69, 9.17) is 10.7 Å². The third-order valence-corrected chi connectivity index (χ3v) is 7.91. The number of thioether (sulfide) groups is 1. The zero-order valence-electron chi connectivity index (χ0n) is 18.5. The van der Waals surface area contributed by atoms with Gasteiger partial charge in [-0.15, -0.1) is 11.3 Å². The van der Waals surface area contributed by atoms with Gasteiger partial charge in [0.25, 0.3) is 5.56 Å². The van der Waals surface area contributed by atoms with Crippen molar-refractivity contribution < 1.29 is 9.59 Å². The summed E-state index contributed by atoms with van der Waals surface area (Å²) in [6.45, 7) is 2.00. The number of nitrogens with one attached hydrogen (secondary N) is 1. The van der Waals surface area contributed by atoms with Crippen molar-refractivity contribution in [2.45, 2.75) is 31.3 Å². The van der Waals surface area contributed by atoms with Crippen molar-refractivity contribution in [3.05, 3.63) is 80.5 Å². The highest BCUT2D eigenvalue weighted by atomic mass is 32.2. The summed E-state index contributed by atoms with van der Waals surface area (Å²) in [5.74, 6) is -0.689. The zero-order chi connectivity index (χ0) is 23.8. The number of primary amides is 1. The van der Waals surface area contributed by atoms with Gasteiger partial charge in [0.15, 0.2) is 5.16 Å². The van der Waals surface area contributed by atoms with Gasteiger partial charge in [-0.05, 0) is 68.1 Å². The van der Waals surface area contributed by atoms with E-state index in [1.807, 2.05) is 31.2 Å². The summed E-state index contributed by atoms with van der Waals surface area (Å²) in [5, 5.41) is 4.00. The molecule has 0 aliphatic heterocycles. The Hall–Kier alpha value is -3.43. The molecule has 0 unspecified atom stereocenters. The number of carbonyl (C=O) groups is 2. The quantitative estimate of drug-likeness (QED) is 0.313. The summed E-state index contributed by atoms with van der Waals surface area (Å²) in [6.07, 6.45) is 2.96. The van der Waals surface area contributed by atoms with Crippen LogP contribution < -0.4 is 16.6 Å². The van der Waals surface area contributed by atoms with Crippen LogP contribution in [0.2, 0.25) is 0 Å². The van der Waals surface area contributed by atoms with Crippen LogP contribution in [0, 0.1) is 6.92 Å². The van der Waals surface area contributed by atoms with Crippen LogP contribution in [0.1, 0.15) is 32.8 Å². The summed E-state index contributed by atoms with van der Waals surface area (Å²) in [7, 11) is 0. The molecule has 172 valence electrons. The van der Waals surface area contributed by atoms with Gasteiger partial charge in [0.05, 0.1) is 16.8 Å². The summed E-state index contributed by atoms with van der Waals surface area (Å²) >= 11 is 2.81. The second-order valence-corrected chi connectivity index (χ2v) is 10.2. The van der Waals surface area contributed by atoms with Gasteiger partial charge in [0.2, 0.25) is 11.8 Å². The van der Waals surface area contributed by atoms with Crippen LogP contribution in [-0.2, 0) is 17.6 Å². The Kier molecular flexibility index (Phi) is 5.97. The lowest BCUT2D eigenvalue weighted by molar-refractivity contribution is -0.113. The van der Waals surface area contributed by atoms with Crippen molar-refractivity contribution in [1.82, 2.24) is 9.55 Å². The third-order valence-electron chi connectivity index (χ3n) is 5.79. The molecule has 3 N–H and O–H groups in total. The maximum Gasteiger partial charge on any atom is 0.267 e. The highest BCUT2D eigenvalue weighted by Crippen LogP contribution is 2.36. The third kappa shape index (κ3) is 4.24. The number of carbonyl (C=O) groups excluding carboxylic acids is 2. The van der Waals surface area contributed by atoms with Crippen LogP contribution in [0.4, 0.5) is 5.69 Å². The van der Waals surface area contributed by atoms with E-state index >= 15 is 0 Å². The average Bonchev–Trinajstić information content (AvgIpc) is 3.40. The van der Waals surface area contributed by atoms with E-state index in [0.29, 0.717) is 21.8 Å². The van der Waals surface area contributed by atoms with Crippen LogP contribution in [0.5, 0.6) is 0 Å².